The summed E-state index contributed by atoms with van der Waals surface area (Å²) in [7, 11) is 0. The van der Waals surface area contributed by atoms with Crippen LogP contribution in [0.15, 0.2) is 23.7 Å². The molecule has 1 fully saturated rings. The minimum atomic E-state index is -1.61. The van der Waals surface area contributed by atoms with E-state index in [-0.39, 0.29) is 0 Å². The van der Waals surface area contributed by atoms with Crippen molar-refractivity contribution in [3.8, 4) is 0 Å². The van der Waals surface area contributed by atoms with E-state index in [1.165, 1.54) is 10.9 Å². The summed E-state index contributed by atoms with van der Waals surface area (Å²) >= 11 is 0. The van der Waals surface area contributed by atoms with Crippen LogP contribution in [0.4, 0.5) is 4.39 Å². The van der Waals surface area contributed by atoms with Crippen molar-refractivity contribution < 1.29 is 14.2 Å². The van der Waals surface area contributed by atoms with Crippen LogP contribution in [-0.2, 0) is 4.74 Å². The summed E-state index contributed by atoms with van der Waals surface area (Å²) in [6.07, 6.45) is 0.565. The molecule has 8 nitrogen and oxygen atoms in total. The fourth-order valence-corrected chi connectivity index (χ4v) is 2.79. The van der Waals surface area contributed by atoms with Crippen LogP contribution in [0.5, 0.6) is 0 Å². The molecule has 3 rings (SSSR count). The van der Waals surface area contributed by atoms with E-state index < -0.39 is 30.6 Å². The second-order valence-electron chi connectivity index (χ2n) is 5.35. The van der Waals surface area contributed by atoms with E-state index in [1.807, 2.05) is 6.92 Å². The van der Waals surface area contributed by atoms with Crippen molar-refractivity contribution >= 4 is 11.0 Å². The monoisotopic (exact) mass is 306 g/mol. The zero-order valence-electron chi connectivity index (χ0n) is 12.1. The van der Waals surface area contributed by atoms with E-state index in [0.29, 0.717) is 5.65 Å². The van der Waals surface area contributed by atoms with Gasteiger partial charge in [-0.05, 0) is 18.5 Å². The quantitative estimate of drug-likeness (QED) is 0.532. The second kappa shape index (κ2) is 5.20. The van der Waals surface area contributed by atoms with Crippen LogP contribution in [0, 0.1) is 12.8 Å². The van der Waals surface area contributed by atoms with Crippen molar-refractivity contribution in [1.29, 1.82) is 0 Å². The number of nitrogens with zero attached hydrogens (tertiary/aromatic N) is 6. The number of halogens is 1. The molecule has 0 bridgehead atoms. The maximum Gasteiger partial charge on any atom is 0.178 e. The fraction of sp³-hybridized carbons (Fsp3) is 0.538. The molecule has 0 aromatic carbocycles. The Kier molecular flexibility index (Phi) is 3.48. The maximum absolute atomic E-state index is 14.7. The molecule has 0 saturated carbocycles. The third-order valence-electron chi connectivity index (χ3n) is 4.21. The van der Waals surface area contributed by atoms with Gasteiger partial charge in [-0.2, -0.15) is 0 Å². The van der Waals surface area contributed by atoms with Gasteiger partial charge in [0.25, 0.3) is 0 Å². The zero-order valence-corrected chi connectivity index (χ0v) is 12.1. The van der Waals surface area contributed by atoms with E-state index in [2.05, 4.69) is 20.0 Å². The zero-order chi connectivity index (χ0) is 15.9. The van der Waals surface area contributed by atoms with Crippen molar-refractivity contribution in [2.75, 3.05) is 6.61 Å². The number of fused-ring (bicyclic) bond motifs is 1. The summed E-state index contributed by atoms with van der Waals surface area (Å²) in [4.78, 5) is 10.9. The van der Waals surface area contributed by atoms with Crippen molar-refractivity contribution in [3.63, 3.8) is 0 Å². The molecule has 0 radical (unpaired) electrons. The predicted molar refractivity (Wildman–Crippen MR) is 75.4 cm³/mol. The Morgan fingerprint density at radius 3 is 3.05 bits per heavy atom. The van der Waals surface area contributed by atoms with Gasteiger partial charge in [-0.3, -0.25) is 0 Å². The molecule has 9 heteroatoms. The molecule has 4 atom stereocenters. The van der Waals surface area contributed by atoms with E-state index in [0.717, 1.165) is 11.1 Å². The highest BCUT2D eigenvalue weighted by Gasteiger charge is 2.54. The second-order valence-corrected chi connectivity index (χ2v) is 5.35. The van der Waals surface area contributed by atoms with Gasteiger partial charge in [0.15, 0.2) is 18.1 Å². The third-order valence-corrected chi connectivity index (χ3v) is 4.21. The lowest BCUT2D eigenvalue weighted by Crippen LogP contribution is -2.37. The van der Waals surface area contributed by atoms with Crippen LogP contribution in [-0.4, -0.2) is 38.1 Å². The molecule has 1 saturated heterocycles. The molecule has 116 valence electrons. The molecule has 1 N–H and O–H groups in total. The molecule has 22 heavy (non-hydrogen) atoms. The number of ether oxygens (including phenoxy) is 1. The highest BCUT2D eigenvalue weighted by molar-refractivity contribution is 5.78. The first-order chi connectivity index (χ1) is 10.5. The van der Waals surface area contributed by atoms with Crippen molar-refractivity contribution in [2.45, 2.75) is 32.0 Å². The molecule has 3 heterocycles. The highest BCUT2D eigenvalue weighted by atomic mass is 19.1. The number of aromatic nitrogens is 3. The van der Waals surface area contributed by atoms with E-state index in [1.54, 1.807) is 19.2 Å². The van der Waals surface area contributed by atoms with E-state index in [9.17, 15) is 9.50 Å². The van der Waals surface area contributed by atoms with Gasteiger partial charge in [0.1, 0.15) is 12.0 Å². The lowest BCUT2D eigenvalue weighted by atomic mass is 9.96. The van der Waals surface area contributed by atoms with E-state index >= 15 is 0 Å². The molecule has 1 aliphatic rings. The smallest absolute Gasteiger partial charge is 0.178 e. The van der Waals surface area contributed by atoms with Crippen molar-refractivity contribution in [3.05, 3.63) is 34.7 Å². The topological polar surface area (TPSA) is 109 Å². The number of aliphatic hydroxyl groups is 1. The number of azide groups is 1. The number of aliphatic hydroxyl groups excluding tert-OH is 1. The number of hydrogen-bond acceptors (Lipinski definition) is 5. The van der Waals surface area contributed by atoms with Gasteiger partial charge in [-0.1, -0.05) is 12.0 Å². The Bertz CT molecular complexity index is 758. The average Bonchev–Trinajstić information content (AvgIpc) is 3.04. The van der Waals surface area contributed by atoms with Gasteiger partial charge < -0.3 is 14.4 Å². The summed E-state index contributed by atoms with van der Waals surface area (Å²) in [6, 6.07) is 1.78. The number of alkyl halides is 1. The molecule has 1 unspecified atom stereocenters. The van der Waals surface area contributed by atoms with Gasteiger partial charge in [0.05, 0.1) is 12.3 Å². The number of aryl methyl sites for hydroxylation is 1. The Hall–Kier alpha value is -2.22. The molecular weight excluding hydrogens is 291 g/mol. The summed E-state index contributed by atoms with van der Waals surface area (Å²) in [5.41, 5.74) is 8.36. The van der Waals surface area contributed by atoms with Crippen molar-refractivity contribution in [2.24, 2.45) is 11.0 Å². The average molecular weight is 306 g/mol. The maximum atomic E-state index is 14.7. The van der Waals surface area contributed by atoms with Crippen LogP contribution in [0.1, 0.15) is 18.8 Å². The molecule has 2 aromatic rings. The highest BCUT2D eigenvalue weighted by Crippen LogP contribution is 2.45. The minimum absolute atomic E-state index is 0.530. The number of rotatable bonds is 3. The molecule has 0 spiro atoms. The van der Waals surface area contributed by atoms with Gasteiger partial charge in [-0.25, -0.2) is 14.4 Å². The predicted octanol–water partition coefficient (Wildman–Crippen LogP) is 2.24. The van der Waals surface area contributed by atoms with Gasteiger partial charge in [0.2, 0.25) is 0 Å². The van der Waals surface area contributed by atoms with Gasteiger partial charge >= 0.3 is 0 Å². The first kappa shape index (κ1) is 14.7. The fourth-order valence-electron chi connectivity index (χ4n) is 2.79. The van der Waals surface area contributed by atoms with Crippen molar-refractivity contribution in [1.82, 2.24) is 14.5 Å². The molecule has 0 amide bonds. The first-order valence-electron chi connectivity index (χ1n) is 6.81. The summed E-state index contributed by atoms with van der Waals surface area (Å²) in [5, 5.41) is 13.8. The first-order valence-corrected chi connectivity index (χ1v) is 6.81. The van der Waals surface area contributed by atoms with E-state index in [4.69, 9.17) is 10.3 Å². The Morgan fingerprint density at radius 1 is 1.59 bits per heavy atom. The van der Waals surface area contributed by atoms with Crippen LogP contribution < -0.4 is 0 Å². The lowest BCUT2D eigenvalue weighted by molar-refractivity contribution is -0.107. The number of hydrogen-bond donors (Lipinski definition) is 1. The van der Waals surface area contributed by atoms with Crippen LogP contribution in [0.3, 0.4) is 0 Å². The van der Waals surface area contributed by atoms with Gasteiger partial charge in [-0.15, -0.1) is 0 Å². The molecular formula is C13H15FN6O2. The largest absolute Gasteiger partial charge is 0.393 e. The third kappa shape index (κ3) is 1.94. The minimum Gasteiger partial charge on any atom is -0.393 e. The summed E-state index contributed by atoms with van der Waals surface area (Å²) in [5.74, 6) is -0.793. The Balaban J connectivity index is 2.08. The molecule has 2 aromatic heterocycles. The standard InChI is InChI=1S/C13H15FN6O2/c1-7-10(14)12(22-13(7,5-21)18-19-15)20-4-3-9-8(2)16-6-17-11(9)20/h3-4,6-7,10,12,21H,5H2,1-2H3/t7-,10-,12+,13?/m0/s1. The molecule has 1 aliphatic heterocycles. The SMILES string of the molecule is Cc1ncnc2c1ccn2[C@@H]1OC(CO)(N=[N+]=[N-])[C@@H](C)[C@@H]1F. The molecule has 0 aliphatic carbocycles. The lowest BCUT2D eigenvalue weighted by Gasteiger charge is -2.24. The Labute approximate surface area is 125 Å². The normalized spacial score (nSPS) is 31.4. The van der Waals surface area contributed by atoms with Crippen LogP contribution >= 0.6 is 0 Å². The summed E-state index contributed by atoms with van der Waals surface area (Å²) < 4.78 is 21.8. The Morgan fingerprint density at radius 2 is 2.36 bits per heavy atom. The van der Waals surface area contributed by atoms with Crippen LogP contribution in [0.25, 0.3) is 21.5 Å². The van der Waals surface area contributed by atoms with Crippen LogP contribution in [0.2, 0.25) is 0 Å². The summed E-state index contributed by atoms with van der Waals surface area (Å²) in [6.45, 7) is 2.78. The van der Waals surface area contributed by atoms with Gasteiger partial charge in [0, 0.05) is 22.4 Å².